The van der Waals surface area contributed by atoms with Crippen LogP contribution in [0, 0.1) is 0 Å². The maximum absolute atomic E-state index is 12.1. The van der Waals surface area contributed by atoms with Crippen LogP contribution in [0.4, 0.5) is 4.79 Å². The molecule has 2 saturated heterocycles. The standard InChI is InChI=1S/C12H20N2O3/c1-12(2,3)17-11(15)14-9-4-5-10(14)7-8(6-9)13-16/h9-10,16H,4-7H2,1-3H3/t9-,10+. The molecule has 0 saturated carbocycles. The Kier molecular flexibility index (Phi) is 3.02. The minimum absolute atomic E-state index is 0.148. The number of fused-ring (bicyclic) bond motifs is 2. The van der Waals surface area contributed by atoms with Crippen LogP contribution in [-0.4, -0.2) is 39.6 Å². The normalized spacial score (nSPS) is 30.8. The molecule has 0 aromatic heterocycles. The van der Waals surface area contributed by atoms with Crippen molar-refractivity contribution in [2.24, 2.45) is 5.16 Å². The SMILES string of the molecule is CC(C)(C)OC(=O)N1[C@@H]2CC[C@H]1CC(=NO)C2. The number of carbonyl (C=O) groups excluding carboxylic acids is 1. The Bertz CT molecular complexity index is 330. The van der Waals surface area contributed by atoms with Crippen molar-refractivity contribution >= 4 is 11.8 Å². The van der Waals surface area contributed by atoms with Crippen LogP contribution in [0.3, 0.4) is 0 Å². The van der Waals surface area contributed by atoms with E-state index in [1.807, 2.05) is 25.7 Å². The molecule has 5 heteroatoms. The summed E-state index contributed by atoms with van der Waals surface area (Å²) < 4.78 is 5.41. The molecule has 1 amide bonds. The van der Waals surface area contributed by atoms with Gasteiger partial charge in [0.05, 0.1) is 5.71 Å². The molecule has 2 atom stereocenters. The summed E-state index contributed by atoms with van der Waals surface area (Å²) in [5.74, 6) is 0. The fourth-order valence-electron chi connectivity index (χ4n) is 2.68. The van der Waals surface area contributed by atoms with Crippen LogP contribution in [0.1, 0.15) is 46.5 Å². The Balaban J connectivity index is 2.06. The summed E-state index contributed by atoms with van der Waals surface area (Å²) in [4.78, 5) is 13.9. The van der Waals surface area contributed by atoms with Gasteiger partial charge in [-0.2, -0.15) is 0 Å². The van der Waals surface area contributed by atoms with Gasteiger partial charge in [0.1, 0.15) is 5.60 Å². The Morgan fingerprint density at radius 2 is 1.88 bits per heavy atom. The number of amides is 1. The van der Waals surface area contributed by atoms with E-state index in [1.165, 1.54) is 0 Å². The molecule has 0 aromatic carbocycles. The van der Waals surface area contributed by atoms with Gasteiger partial charge in [-0.05, 0) is 33.6 Å². The van der Waals surface area contributed by atoms with Crippen LogP contribution in [0.5, 0.6) is 0 Å². The van der Waals surface area contributed by atoms with Crippen molar-refractivity contribution < 1.29 is 14.7 Å². The highest BCUT2D eigenvalue weighted by Gasteiger charge is 2.43. The number of hydrogen-bond acceptors (Lipinski definition) is 4. The van der Waals surface area contributed by atoms with Gasteiger partial charge in [-0.25, -0.2) is 4.79 Å². The average Bonchev–Trinajstić information content (AvgIpc) is 2.47. The van der Waals surface area contributed by atoms with Crippen molar-refractivity contribution in [1.82, 2.24) is 4.90 Å². The largest absolute Gasteiger partial charge is 0.444 e. The molecule has 0 aliphatic carbocycles. The monoisotopic (exact) mass is 240 g/mol. The fourth-order valence-corrected chi connectivity index (χ4v) is 2.68. The molecule has 0 spiro atoms. The van der Waals surface area contributed by atoms with Crippen LogP contribution in [0.2, 0.25) is 0 Å². The van der Waals surface area contributed by atoms with E-state index in [0.717, 1.165) is 18.6 Å². The highest BCUT2D eigenvalue weighted by Crippen LogP contribution is 2.35. The first-order chi connectivity index (χ1) is 7.90. The van der Waals surface area contributed by atoms with Crippen molar-refractivity contribution in [3.63, 3.8) is 0 Å². The third-order valence-electron chi connectivity index (χ3n) is 3.31. The van der Waals surface area contributed by atoms with Gasteiger partial charge in [-0.15, -0.1) is 0 Å². The molecule has 2 rings (SSSR count). The molecule has 0 aromatic rings. The highest BCUT2D eigenvalue weighted by molar-refractivity contribution is 5.88. The number of piperidine rings is 1. The van der Waals surface area contributed by atoms with E-state index in [0.29, 0.717) is 12.8 Å². The van der Waals surface area contributed by atoms with Gasteiger partial charge in [0, 0.05) is 24.9 Å². The number of rotatable bonds is 0. The zero-order valence-electron chi connectivity index (χ0n) is 10.6. The molecule has 2 aliphatic heterocycles. The summed E-state index contributed by atoms with van der Waals surface area (Å²) in [6, 6.07) is 0.295. The second kappa shape index (κ2) is 4.20. The average molecular weight is 240 g/mol. The number of oxime groups is 1. The van der Waals surface area contributed by atoms with E-state index >= 15 is 0 Å². The minimum Gasteiger partial charge on any atom is -0.444 e. The molecule has 17 heavy (non-hydrogen) atoms. The summed E-state index contributed by atoms with van der Waals surface area (Å²) in [6.07, 6.45) is 3.06. The second-order valence-corrected chi connectivity index (χ2v) is 5.85. The number of hydrogen-bond donors (Lipinski definition) is 1. The lowest BCUT2D eigenvalue weighted by atomic mass is 10.0. The lowest BCUT2D eigenvalue weighted by Crippen LogP contribution is -2.48. The van der Waals surface area contributed by atoms with Gasteiger partial charge in [0.25, 0.3) is 0 Å². The number of nitrogens with zero attached hydrogens (tertiary/aromatic N) is 2. The molecule has 2 aliphatic rings. The van der Waals surface area contributed by atoms with E-state index in [2.05, 4.69) is 5.16 Å². The molecule has 2 fully saturated rings. The van der Waals surface area contributed by atoms with Crippen molar-refractivity contribution in [2.75, 3.05) is 0 Å². The van der Waals surface area contributed by atoms with E-state index in [-0.39, 0.29) is 18.2 Å². The second-order valence-electron chi connectivity index (χ2n) is 5.85. The smallest absolute Gasteiger partial charge is 0.410 e. The summed E-state index contributed by atoms with van der Waals surface area (Å²) in [5.41, 5.74) is 0.347. The quantitative estimate of drug-likeness (QED) is 0.522. The van der Waals surface area contributed by atoms with Crippen LogP contribution < -0.4 is 0 Å². The maximum Gasteiger partial charge on any atom is 0.410 e. The molecule has 0 radical (unpaired) electrons. The third kappa shape index (κ3) is 2.53. The summed E-state index contributed by atoms with van der Waals surface area (Å²) in [7, 11) is 0. The van der Waals surface area contributed by atoms with Crippen molar-refractivity contribution in [1.29, 1.82) is 0 Å². The first kappa shape index (κ1) is 12.2. The molecule has 5 nitrogen and oxygen atoms in total. The van der Waals surface area contributed by atoms with Gasteiger partial charge in [0.15, 0.2) is 0 Å². The molecule has 0 unspecified atom stereocenters. The fraction of sp³-hybridized carbons (Fsp3) is 0.833. The summed E-state index contributed by atoms with van der Waals surface area (Å²) in [5, 5.41) is 12.1. The van der Waals surface area contributed by atoms with Crippen molar-refractivity contribution in [3.8, 4) is 0 Å². The molecule has 1 N–H and O–H groups in total. The summed E-state index contributed by atoms with van der Waals surface area (Å²) >= 11 is 0. The van der Waals surface area contributed by atoms with Crippen LogP contribution >= 0.6 is 0 Å². The molecular weight excluding hydrogens is 220 g/mol. The van der Waals surface area contributed by atoms with Gasteiger partial charge >= 0.3 is 6.09 Å². The Morgan fingerprint density at radius 3 is 2.29 bits per heavy atom. The van der Waals surface area contributed by atoms with Crippen molar-refractivity contribution in [2.45, 2.75) is 64.1 Å². The molecule has 2 heterocycles. The lowest BCUT2D eigenvalue weighted by Gasteiger charge is -2.36. The number of ether oxygens (including phenoxy) is 1. The molecule has 2 bridgehead atoms. The predicted octanol–water partition coefficient (Wildman–Crippen LogP) is 2.38. The Hall–Kier alpha value is -1.26. The zero-order valence-corrected chi connectivity index (χ0v) is 10.6. The first-order valence-electron chi connectivity index (χ1n) is 6.12. The summed E-state index contributed by atoms with van der Waals surface area (Å²) in [6.45, 7) is 5.62. The van der Waals surface area contributed by atoms with E-state index in [9.17, 15) is 4.79 Å². The van der Waals surface area contributed by atoms with E-state index in [4.69, 9.17) is 9.94 Å². The maximum atomic E-state index is 12.1. The number of carbonyl (C=O) groups is 1. The van der Waals surface area contributed by atoms with Crippen LogP contribution in [-0.2, 0) is 4.74 Å². The first-order valence-corrected chi connectivity index (χ1v) is 6.12. The molecule has 96 valence electrons. The topological polar surface area (TPSA) is 62.1 Å². The zero-order chi connectivity index (χ0) is 12.6. The Labute approximate surface area is 101 Å². The minimum atomic E-state index is -0.456. The van der Waals surface area contributed by atoms with Gasteiger partial charge in [-0.3, -0.25) is 0 Å². The lowest BCUT2D eigenvalue weighted by molar-refractivity contribution is 0.0136. The van der Waals surface area contributed by atoms with Gasteiger partial charge < -0.3 is 14.8 Å². The molecular formula is C12H20N2O3. The van der Waals surface area contributed by atoms with Crippen molar-refractivity contribution in [3.05, 3.63) is 0 Å². The predicted molar refractivity (Wildman–Crippen MR) is 63.3 cm³/mol. The third-order valence-corrected chi connectivity index (χ3v) is 3.31. The Morgan fingerprint density at radius 1 is 1.35 bits per heavy atom. The highest BCUT2D eigenvalue weighted by atomic mass is 16.6. The van der Waals surface area contributed by atoms with E-state index < -0.39 is 5.60 Å². The van der Waals surface area contributed by atoms with E-state index in [1.54, 1.807) is 0 Å². The van der Waals surface area contributed by atoms with Crippen LogP contribution in [0.25, 0.3) is 0 Å². The van der Waals surface area contributed by atoms with Crippen LogP contribution in [0.15, 0.2) is 5.16 Å². The van der Waals surface area contributed by atoms with Gasteiger partial charge in [-0.1, -0.05) is 5.16 Å². The van der Waals surface area contributed by atoms with Gasteiger partial charge in [0.2, 0.25) is 0 Å².